The van der Waals surface area contributed by atoms with Gasteiger partial charge in [-0.25, -0.2) is 0 Å². The average molecular weight is 459 g/mol. The molecule has 1 nitrogen and oxygen atoms in total. The zero-order valence-corrected chi connectivity index (χ0v) is 23.0. The third kappa shape index (κ3) is 23.2. The normalized spacial score (nSPS) is 12.0. The number of unbranched alkanes of at least 4 members (excludes halogenated alkanes) is 19. The predicted octanol–water partition coefficient (Wildman–Crippen LogP) is 10.3. The van der Waals surface area contributed by atoms with Crippen molar-refractivity contribution in [3.05, 3.63) is 0 Å². The van der Waals surface area contributed by atoms with Gasteiger partial charge in [0.15, 0.2) is 0 Å². The fourth-order valence-corrected chi connectivity index (χ4v) is 5.07. The summed E-state index contributed by atoms with van der Waals surface area (Å²) in [6, 6.07) is 0. The second-order valence-corrected chi connectivity index (χ2v) is 10.9. The van der Waals surface area contributed by atoms with E-state index in [1.165, 1.54) is 165 Å². The summed E-state index contributed by atoms with van der Waals surface area (Å²) >= 11 is 5.95. The van der Waals surface area contributed by atoms with E-state index in [1.807, 2.05) is 0 Å². The first kappa shape index (κ1) is 31.2. The Labute approximate surface area is 203 Å². The van der Waals surface area contributed by atoms with Gasteiger partial charge >= 0.3 is 0 Å². The minimum atomic E-state index is 0.830. The molecule has 0 N–H and O–H groups in total. The molecule has 0 bridgehead atoms. The SMILES string of the molecule is CCCCCCCCCCCC[N+](C)(CCCCCl)CCCCCCCCCCCC. The van der Waals surface area contributed by atoms with E-state index in [4.69, 9.17) is 11.6 Å². The molecule has 0 aromatic carbocycles. The maximum atomic E-state index is 5.95. The molecule has 0 saturated heterocycles. The van der Waals surface area contributed by atoms with Crippen molar-refractivity contribution in [1.29, 1.82) is 0 Å². The van der Waals surface area contributed by atoms with Crippen LogP contribution in [0.3, 0.4) is 0 Å². The number of hydrogen-bond donors (Lipinski definition) is 0. The average Bonchev–Trinajstić information content (AvgIpc) is 2.76. The van der Waals surface area contributed by atoms with Crippen molar-refractivity contribution < 1.29 is 4.48 Å². The Bertz CT molecular complexity index is 307. The fraction of sp³-hybridized carbons (Fsp3) is 1.00. The van der Waals surface area contributed by atoms with Crippen molar-refractivity contribution in [2.24, 2.45) is 0 Å². The van der Waals surface area contributed by atoms with Crippen LogP contribution in [0.5, 0.6) is 0 Å². The Hall–Kier alpha value is 0.250. The van der Waals surface area contributed by atoms with E-state index in [-0.39, 0.29) is 0 Å². The van der Waals surface area contributed by atoms with Crippen molar-refractivity contribution in [2.45, 2.75) is 155 Å². The van der Waals surface area contributed by atoms with Crippen molar-refractivity contribution in [3.63, 3.8) is 0 Å². The summed E-state index contributed by atoms with van der Waals surface area (Å²) in [5, 5.41) is 0. The molecule has 0 heterocycles. The minimum absolute atomic E-state index is 0.830. The van der Waals surface area contributed by atoms with Crippen LogP contribution in [0, 0.1) is 0 Å². The molecule has 188 valence electrons. The van der Waals surface area contributed by atoms with Gasteiger partial charge in [-0.1, -0.05) is 117 Å². The molecule has 0 aliphatic carbocycles. The molecule has 0 aliphatic heterocycles. The van der Waals surface area contributed by atoms with Gasteiger partial charge in [0, 0.05) is 5.88 Å². The summed E-state index contributed by atoms with van der Waals surface area (Å²) in [4.78, 5) is 0. The molecule has 0 saturated carbocycles. The van der Waals surface area contributed by atoms with Crippen molar-refractivity contribution in [2.75, 3.05) is 32.6 Å². The summed E-state index contributed by atoms with van der Waals surface area (Å²) in [5.41, 5.74) is 0. The quantitative estimate of drug-likeness (QED) is 0.0686. The summed E-state index contributed by atoms with van der Waals surface area (Å²) in [6.45, 7) is 8.71. The summed E-state index contributed by atoms with van der Waals surface area (Å²) in [6.07, 6.45) is 31.3. The van der Waals surface area contributed by atoms with Gasteiger partial charge in [0.2, 0.25) is 0 Å². The molecule has 0 aromatic heterocycles. The zero-order chi connectivity index (χ0) is 22.9. The van der Waals surface area contributed by atoms with Crippen LogP contribution < -0.4 is 0 Å². The molecular formula is C29H61ClN+. The van der Waals surface area contributed by atoms with E-state index in [2.05, 4.69) is 20.9 Å². The van der Waals surface area contributed by atoms with Gasteiger partial charge in [0.1, 0.15) is 0 Å². The van der Waals surface area contributed by atoms with Gasteiger partial charge in [0.05, 0.1) is 26.7 Å². The molecule has 0 radical (unpaired) electrons. The van der Waals surface area contributed by atoms with Crippen molar-refractivity contribution in [1.82, 2.24) is 0 Å². The van der Waals surface area contributed by atoms with Crippen LogP contribution in [0.15, 0.2) is 0 Å². The highest BCUT2D eigenvalue weighted by Crippen LogP contribution is 2.16. The lowest BCUT2D eigenvalue weighted by molar-refractivity contribution is -0.910. The highest BCUT2D eigenvalue weighted by molar-refractivity contribution is 6.17. The first-order valence-corrected chi connectivity index (χ1v) is 15.1. The van der Waals surface area contributed by atoms with Crippen LogP contribution in [0.2, 0.25) is 0 Å². The maximum Gasteiger partial charge on any atom is 0.0784 e. The van der Waals surface area contributed by atoms with E-state index in [0.717, 1.165) is 5.88 Å². The Morgan fingerprint density at radius 2 is 0.645 bits per heavy atom. The second-order valence-electron chi connectivity index (χ2n) is 10.6. The highest BCUT2D eigenvalue weighted by Gasteiger charge is 2.20. The number of hydrogen-bond acceptors (Lipinski definition) is 0. The van der Waals surface area contributed by atoms with Crippen molar-refractivity contribution >= 4 is 11.6 Å². The van der Waals surface area contributed by atoms with Crippen LogP contribution >= 0.6 is 11.6 Å². The van der Waals surface area contributed by atoms with Crippen LogP contribution in [0.4, 0.5) is 0 Å². The Morgan fingerprint density at radius 1 is 0.387 bits per heavy atom. The predicted molar refractivity (Wildman–Crippen MR) is 144 cm³/mol. The van der Waals surface area contributed by atoms with E-state index < -0.39 is 0 Å². The molecule has 0 fully saturated rings. The van der Waals surface area contributed by atoms with E-state index in [9.17, 15) is 0 Å². The molecule has 0 aromatic rings. The standard InChI is InChI=1S/C29H61ClN/c1-4-6-8-10-12-14-16-18-20-23-27-31(3,29-25-22-26-30)28-24-21-19-17-15-13-11-9-7-5-2/h4-29H2,1-3H3/q+1. The topological polar surface area (TPSA) is 0 Å². The van der Waals surface area contributed by atoms with Gasteiger partial charge in [-0.2, -0.15) is 0 Å². The van der Waals surface area contributed by atoms with Gasteiger partial charge in [-0.3, -0.25) is 0 Å². The monoisotopic (exact) mass is 458 g/mol. The Morgan fingerprint density at radius 3 is 0.935 bits per heavy atom. The Kier molecular flexibility index (Phi) is 25.1. The van der Waals surface area contributed by atoms with Crippen LogP contribution in [-0.4, -0.2) is 37.0 Å². The zero-order valence-electron chi connectivity index (χ0n) is 22.2. The molecular weight excluding hydrogens is 398 g/mol. The third-order valence-electron chi connectivity index (χ3n) is 7.18. The number of nitrogens with zero attached hydrogens (tertiary/aromatic N) is 1. The molecule has 0 aliphatic rings. The van der Waals surface area contributed by atoms with Gasteiger partial charge in [0.25, 0.3) is 0 Å². The van der Waals surface area contributed by atoms with Crippen LogP contribution in [0.1, 0.15) is 155 Å². The molecule has 0 unspecified atom stereocenters. The number of quaternary nitrogens is 1. The lowest BCUT2D eigenvalue weighted by Gasteiger charge is -2.35. The van der Waals surface area contributed by atoms with E-state index >= 15 is 0 Å². The van der Waals surface area contributed by atoms with Gasteiger partial charge in [-0.05, 0) is 38.5 Å². The van der Waals surface area contributed by atoms with Crippen LogP contribution in [0.25, 0.3) is 0 Å². The molecule has 2 heteroatoms. The smallest absolute Gasteiger partial charge is 0.0784 e. The molecule has 0 rings (SSSR count). The number of halogens is 1. The number of rotatable bonds is 26. The molecule has 0 atom stereocenters. The van der Waals surface area contributed by atoms with Gasteiger partial charge < -0.3 is 4.48 Å². The summed E-state index contributed by atoms with van der Waals surface area (Å²) in [5.74, 6) is 0.830. The fourth-order valence-electron chi connectivity index (χ4n) is 4.89. The third-order valence-corrected chi connectivity index (χ3v) is 7.45. The minimum Gasteiger partial charge on any atom is -0.326 e. The van der Waals surface area contributed by atoms with Gasteiger partial charge in [-0.15, -0.1) is 11.6 Å². The highest BCUT2D eigenvalue weighted by atomic mass is 35.5. The maximum absolute atomic E-state index is 5.95. The lowest BCUT2D eigenvalue weighted by atomic mass is 10.1. The van der Waals surface area contributed by atoms with E-state index in [1.54, 1.807) is 0 Å². The van der Waals surface area contributed by atoms with Crippen LogP contribution in [-0.2, 0) is 0 Å². The summed E-state index contributed by atoms with van der Waals surface area (Å²) < 4.78 is 1.30. The second kappa shape index (κ2) is 24.9. The molecule has 0 amide bonds. The number of alkyl halides is 1. The summed E-state index contributed by atoms with van der Waals surface area (Å²) in [7, 11) is 2.52. The lowest BCUT2D eigenvalue weighted by Crippen LogP contribution is -2.46. The van der Waals surface area contributed by atoms with E-state index in [0.29, 0.717) is 0 Å². The molecule has 0 spiro atoms. The first-order chi connectivity index (χ1) is 15.2. The van der Waals surface area contributed by atoms with Crippen molar-refractivity contribution in [3.8, 4) is 0 Å². The molecule has 31 heavy (non-hydrogen) atoms. The Balaban J connectivity index is 3.81. The first-order valence-electron chi connectivity index (χ1n) is 14.6. The largest absolute Gasteiger partial charge is 0.326 e.